The van der Waals surface area contributed by atoms with E-state index >= 15 is 0 Å². The summed E-state index contributed by atoms with van der Waals surface area (Å²) < 4.78 is 4.91. The predicted octanol–water partition coefficient (Wildman–Crippen LogP) is 0.982. The molecule has 1 aliphatic rings. The third kappa shape index (κ3) is 4.00. The molecule has 1 heterocycles. The van der Waals surface area contributed by atoms with Gasteiger partial charge >= 0.3 is 5.97 Å². The first-order chi connectivity index (χ1) is 8.06. The van der Waals surface area contributed by atoms with Gasteiger partial charge in [0.2, 0.25) is 5.91 Å². The van der Waals surface area contributed by atoms with Crippen LogP contribution in [0.25, 0.3) is 0 Å². The molecule has 1 saturated heterocycles. The fourth-order valence-corrected chi connectivity index (χ4v) is 2.17. The van der Waals surface area contributed by atoms with Crippen LogP contribution in [0.5, 0.6) is 0 Å². The number of hydrogen-bond acceptors (Lipinski definition) is 3. The Bertz CT molecular complexity index is 280. The van der Waals surface area contributed by atoms with Gasteiger partial charge in [-0.1, -0.05) is 6.92 Å². The molecular weight excluding hydrogens is 222 g/mol. The predicted molar refractivity (Wildman–Crippen MR) is 62.6 cm³/mol. The molecule has 17 heavy (non-hydrogen) atoms. The lowest BCUT2D eigenvalue weighted by atomic mass is 9.99. The van der Waals surface area contributed by atoms with Gasteiger partial charge in [0, 0.05) is 33.2 Å². The Labute approximate surface area is 102 Å². The minimum Gasteiger partial charge on any atom is -0.481 e. The van der Waals surface area contributed by atoms with Gasteiger partial charge < -0.3 is 14.7 Å². The molecule has 0 aliphatic carbocycles. The van der Waals surface area contributed by atoms with Crippen LogP contribution >= 0.6 is 0 Å². The molecule has 0 saturated carbocycles. The summed E-state index contributed by atoms with van der Waals surface area (Å²) in [5.74, 6) is -1.09. The summed E-state index contributed by atoms with van der Waals surface area (Å²) in [4.78, 5) is 24.4. The second kappa shape index (κ2) is 6.59. The summed E-state index contributed by atoms with van der Waals surface area (Å²) in [7, 11) is 1.64. The normalized spacial score (nSPS) is 24.0. The Morgan fingerprint density at radius 1 is 1.35 bits per heavy atom. The van der Waals surface area contributed by atoms with Gasteiger partial charge in [0.25, 0.3) is 0 Å². The van der Waals surface area contributed by atoms with E-state index in [0.29, 0.717) is 26.1 Å². The van der Waals surface area contributed by atoms with Crippen molar-refractivity contribution in [2.45, 2.75) is 26.2 Å². The number of carbonyl (C=O) groups is 2. The van der Waals surface area contributed by atoms with E-state index in [0.717, 1.165) is 12.8 Å². The third-order valence-electron chi connectivity index (χ3n) is 3.27. The fourth-order valence-electron chi connectivity index (χ4n) is 2.17. The lowest BCUT2D eigenvalue weighted by Crippen LogP contribution is -2.29. The highest BCUT2D eigenvalue weighted by Crippen LogP contribution is 2.23. The molecule has 0 aromatic rings. The summed E-state index contributed by atoms with van der Waals surface area (Å²) in [5.41, 5.74) is 0. The number of unbranched alkanes of at least 4 members (excludes halogenated alkanes) is 1. The molecule has 1 N–H and O–H groups in total. The Kier molecular flexibility index (Phi) is 5.41. The van der Waals surface area contributed by atoms with Gasteiger partial charge in [-0.2, -0.15) is 0 Å². The van der Waals surface area contributed by atoms with Crippen LogP contribution in [0.1, 0.15) is 26.2 Å². The molecular formula is C12H21NO4. The number of methoxy groups -OCH3 is 1. The number of aliphatic carboxylic acids is 1. The lowest BCUT2D eigenvalue weighted by molar-refractivity contribution is -0.142. The van der Waals surface area contributed by atoms with E-state index < -0.39 is 11.9 Å². The van der Waals surface area contributed by atoms with E-state index in [2.05, 4.69) is 0 Å². The Balaban J connectivity index is 2.32. The molecule has 0 aromatic heterocycles. The van der Waals surface area contributed by atoms with Gasteiger partial charge in [0.05, 0.1) is 5.92 Å². The molecule has 0 bridgehead atoms. The molecule has 0 aromatic carbocycles. The zero-order chi connectivity index (χ0) is 12.8. The van der Waals surface area contributed by atoms with Gasteiger partial charge in [-0.05, 0) is 18.8 Å². The highest BCUT2D eigenvalue weighted by Gasteiger charge is 2.36. The van der Waals surface area contributed by atoms with Crippen molar-refractivity contribution in [2.75, 3.05) is 26.8 Å². The molecule has 1 aliphatic heterocycles. The van der Waals surface area contributed by atoms with Crippen LogP contribution in [0.2, 0.25) is 0 Å². The van der Waals surface area contributed by atoms with Crippen molar-refractivity contribution < 1.29 is 19.4 Å². The van der Waals surface area contributed by atoms with E-state index in [4.69, 9.17) is 9.84 Å². The standard InChI is InChI=1S/C12H21NO4/c1-9-7-13(8-10(9)12(15)16)11(14)5-3-4-6-17-2/h9-10H,3-8H2,1-2H3,(H,15,16)/t9-,10-/m1/s1. The van der Waals surface area contributed by atoms with Crippen LogP contribution in [0.3, 0.4) is 0 Å². The van der Waals surface area contributed by atoms with Crippen molar-refractivity contribution in [3.63, 3.8) is 0 Å². The quantitative estimate of drug-likeness (QED) is 0.706. The number of carbonyl (C=O) groups excluding carboxylic acids is 1. The Hall–Kier alpha value is -1.10. The number of hydrogen-bond donors (Lipinski definition) is 1. The zero-order valence-corrected chi connectivity index (χ0v) is 10.5. The fraction of sp³-hybridized carbons (Fsp3) is 0.833. The van der Waals surface area contributed by atoms with Crippen LogP contribution < -0.4 is 0 Å². The van der Waals surface area contributed by atoms with Crippen molar-refractivity contribution in [1.82, 2.24) is 4.90 Å². The first-order valence-electron chi connectivity index (χ1n) is 6.05. The summed E-state index contributed by atoms with van der Waals surface area (Å²) in [6.07, 6.45) is 2.16. The van der Waals surface area contributed by atoms with Gasteiger partial charge in [0.1, 0.15) is 0 Å². The van der Waals surface area contributed by atoms with E-state index in [-0.39, 0.29) is 11.8 Å². The molecule has 2 atom stereocenters. The van der Waals surface area contributed by atoms with Crippen LogP contribution in [0.15, 0.2) is 0 Å². The number of amides is 1. The van der Waals surface area contributed by atoms with E-state index in [9.17, 15) is 9.59 Å². The summed E-state index contributed by atoms with van der Waals surface area (Å²) in [6.45, 7) is 3.48. The zero-order valence-electron chi connectivity index (χ0n) is 10.5. The molecule has 0 unspecified atom stereocenters. The molecule has 98 valence electrons. The van der Waals surface area contributed by atoms with Crippen molar-refractivity contribution in [2.24, 2.45) is 11.8 Å². The van der Waals surface area contributed by atoms with E-state index in [1.54, 1.807) is 12.0 Å². The number of nitrogens with zero attached hydrogens (tertiary/aromatic N) is 1. The highest BCUT2D eigenvalue weighted by molar-refractivity contribution is 5.78. The van der Waals surface area contributed by atoms with Crippen LogP contribution in [0.4, 0.5) is 0 Å². The summed E-state index contributed by atoms with van der Waals surface area (Å²) in [6, 6.07) is 0. The minimum absolute atomic E-state index is 0.0513. The van der Waals surface area contributed by atoms with Crippen LogP contribution in [0, 0.1) is 11.8 Å². The number of rotatable bonds is 6. The largest absolute Gasteiger partial charge is 0.481 e. The first-order valence-corrected chi connectivity index (χ1v) is 6.05. The number of carboxylic acid groups (broad SMARTS) is 1. The third-order valence-corrected chi connectivity index (χ3v) is 3.27. The molecule has 5 nitrogen and oxygen atoms in total. The lowest BCUT2D eigenvalue weighted by Gasteiger charge is -2.15. The second-order valence-corrected chi connectivity index (χ2v) is 4.67. The molecule has 1 rings (SSSR count). The number of carboxylic acids is 1. The molecule has 5 heteroatoms. The van der Waals surface area contributed by atoms with Crippen molar-refractivity contribution in [1.29, 1.82) is 0 Å². The molecule has 0 spiro atoms. The second-order valence-electron chi connectivity index (χ2n) is 4.67. The Morgan fingerprint density at radius 2 is 2.06 bits per heavy atom. The van der Waals surface area contributed by atoms with Crippen molar-refractivity contribution >= 4 is 11.9 Å². The average molecular weight is 243 g/mol. The van der Waals surface area contributed by atoms with Crippen LogP contribution in [-0.4, -0.2) is 48.7 Å². The van der Waals surface area contributed by atoms with Gasteiger partial charge in [-0.25, -0.2) is 0 Å². The number of likely N-dealkylation sites (tertiary alicyclic amines) is 1. The van der Waals surface area contributed by atoms with Crippen LogP contribution in [-0.2, 0) is 14.3 Å². The average Bonchev–Trinajstić information content (AvgIpc) is 2.66. The summed E-state index contributed by atoms with van der Waals surface area (Å²) in [5, 5.41) is 8.97. The molecule has 0 radical (unpaired) electrons. The van der Waals surface area contributed by atoms with Gasteiger partial charge in [-0.3, -0.25) is 9.59 Å². The summed E-state index contributed by atoms with van der Waals surface area (Å²) >= 11 is 0. The highest BCUT2D eigenvalue weighted by atomic mass is 16.5. The maximum atomic E-state index is 11.8. The first kappa shape index (κ1) is 14.0. The molecule has 1 fully saturated rings. The minimum atomic E-state index is -0.799. The smallest absolute Gasteiger partial charge is 0.308 e. The van der Waals surface area contributed by atoms with Crippen molar-refractivity contribution in [3.8, 4) is 0 Å². The van der Waals surface area contributed by atoms with Gasteiger partial charge in [-0.15, -0.1) is 0 Å². The monoisotopic (exact) mass is 243 g/mol. The molecule has 1 amide bonds. The van der Waals surface area contributed by atoms with E-state index in [1.165, 1.54) is 0 Å². The van der Waals surface area contributed by atoms with Crippen molar-refractivity contribution in [3.05, 3.63) is 0 Å². The van der Waals surface area contributed by atoms with Gasteiger partial charge in [0.15, 0.2) is 0 Å². The maximum Gasteiger partial charge on any atom is 0.308 e. The Morgan fingerprint density at radius 3 is 2.59 bits per heavy atom. The SMILES string of the molecule is COCCCCC(=O)N1C[C@@H](C)[C@H](C(=O)O)C1. The van der Waals surface area contributed by atoms with E-state index in [1.807, 2.05) is 6.92 Å². The topological polar surface area (TPSA) is 66.8 Å². The maximum absolute atomic E-state index is 11.8. The number of ether oxygens (including phenoxy) is 1.